The van der Waals surface area contributed by atoms with Crippen LogP contribution in [0, 0.1) is 34.5 Å². The fraction of sp³-hybridized carbons (Fsp3) is 0.762. The second-order valence-electron chi connectivity index (χ2n) is 9.57. The first kappa shape index (κ1) is 15.2. The third-order valence-electron chi connectivity index (χ3n) is 8.79. The number of hydrogen-bond acceptors (Lipinski definition) is 2. The second-order valence-corrected chi connectivity index (χ2v) is 9.57. The Kier molecular flexibility index (Phi) is 3.01. The van der Waals surface area contributed by atoms with Gasteiger partial charge in [0.05, 0.1) is 11.8 Å². The summed E-state index contributed by atoms with van der Waals surface area (Å²) in [6.45, 7) is 4.73. The van der Waals surface area contributed by atoms with E-state index in [-0.39, 0.29) is 22.9 Å². The summed E-state index contributed by atoms with van der Waals surface area (Å²) >= 11 is 0. The summed E-state index contributed by atoms with van der Waals surface area (Å²) in [6.07, 6.45) is 9.58. The number of aromatic amines is 1. The third-order valence-corrected chi connectivity index (χ3v) is 8.79. The van der Waals surface area contributed by atoms with E-state index in [1.54, 1.807) is 0 Å². The number of aliphatic hydroxyl groups excluding tert-OH is 1. The fourth-order valence-electron chi connectivity index (χ4n) is 7.48. The van der Waals surface area contributed by atoms with Crippen LogP contribution in [-0.4, -0.2) is 22.0 Å². The van der Waals surface area contributed by atoms with Crippen molar-refractivity contribution < 1.29 is 9.90 Å². The van der Waals surface area contributed by atoms with Gasteiger partial charge in [-0.25, -0.2) is 0 Å². The smallest absolute Gasteiger partial charge is 0.182 e. The lowest BCUT2D eigenvalue weighted by molar-refractivity contribution is -0.102. The van der Waals surface area contributed by atoms with Gasteiger partial charge in [-0.15, -0.1) is 0 Å². The molecule has 2 N–H and O–H groups in total. The van der Waals surface area contributed by atoms with Crippen molar-refractivity contribution in [2.75, 3.05) is 0 Å². The van der Waals surface area contributed by atoms with E-state index in [0.717, 1.165) is 31.4 Å². The predicted molar refractivity (Wildman–Crippen MR) is 92.7 cm³/mol. The van der Waals surface area contributed by atoms with Crippen LogP contribution in [-0.2, 0) is 6.42 Å². The number of fused-ring (bicyclic) bond motifs is 6. The molecule has 1 heterocycles. The Morgan fingerprint density at radius 1 is 1.08 bits per heavy atom. The van der Waals surface area contributed by atoms with Crippen molar-refractivity contribution in [3.8, 4) is 0 Å². The first-order valence-corrected chi connectivity index (χ1v) is 9.83. The molecule has 130 valence electrons. The topological polar surface area (TPSA) is 53.1 Å². The number of H-pyrrole nitrogens is 1. The molecule has 0 radical (unpaired) electrons. The van der Waals surface area contributed by atoms with Crippen molar-refractivity contribution in [2.45, 2.75) is 64.9 Å². The maximum Gasteiger partial charge on any atom is 0.182 e. The zero-order chi connectivity index (χ0) is 16.7. The molecule has 0 unspecified atom stereocenters. The van der Waals surface area contributed by atoms with E-state index in [1.165, 1.54) is 24.8 Å². The normalized spacial score (nSPS) is 50.0. The average molecular weight is 327 g/mol. The van der Waals surface area contributed by atoms with Crippen LogP contribution >= 0.6 is 0 Å². The second kappa shape index (κ2) is 4.75. The van der Waals surface area contributed by atoms with Crippen LogP contribution in [0.15, 0.2) is 12.3 Å². The summed E-state index contributed by atoms with van der Waals surface area (Å²) in [5.74, 6) is 2.57. The van der Waals surface area contributed by atoms with Gasteiger partial charge in [0.2, 0.25) is 0 Å². The highest BCUT2D eigenvalue weighted by atomic mass is 16.3. The molecule has 24 heavy (non-hydrogen) atoms. The van der Waals surface area contributed by atoms with Gasteiger partial charge in [-0.05, 0) is 85.2 Å². The summed E-state index contributed by atoms with van der Waals surface area (Å²) < 4.78 is 0. The number of aliphatic hydroxyl groups is 1. The maximum absolute atomic E-state index is 13.1. The van der Waals surface area contributed by atoms with Crippen LogP contribution < -0.4 is 0 Å². The van der Waals surface area contributed by atoms with Gasteiger partial charge in [0.15, 0.2) is 5.78 Å². The molecule has 3 nitrogen and oxygen atoms in total. The summed E-state index contributed by atoms with van der Waals surface area (Å²) in [5, 5.41) is 10.6. The van der Waals surface area contributed by atoms with Crippen molar-refractivity contribution in [1.29, 1.82) is 0 Å². The minimum atomic E-state index is -0.113. The minimum absolute atomic E-state index is 0.113. The Bertz CT molecular complexity index is 694. The lowest BCUT2D eigenvalue weighted by Crippen LogP contribution is -2.56. The van der Waals surface area contributed by atoms with E-state index in [9.17, 15) is 9.90 Å². The molecule has 0 aliphatic heterocycles. The first-order valence-electron chi connectivity index (χ1n) is 9.83. The monoisotopic (exact) mass is 327 g/mol. The van der Waals surface area contributed by atoms with Crippen molar-refractivity contribution in [3.63, 3.8) is 0 Å². The molecule has 0 saturated heterocycles. The van der Waals surface area contributed by atoms with Crippen LogP contribution in [0.2, 0.25) is 0 Å². The van der Waals surface area contributed by atoms with E-state index < -0.39 is 0 Å². The molecular formula is C21H29NO2. The van der Waals surface area contributed by atoms with Crippen molar-refractivity contribution in [3.05, 3.63) is 23.5 Å². The fourth-order valence-corrected chi connectivity index (χ4v) is 7.48. The van der Waals surface area contributed by atoms with E-state index in [4.69, 9.17) is 0 Å². The van der Waals surface area contributed by atoms with Gasteiger partial charge in [-0.1, -0.05) is 13.8 Å². The van der Waals surface area contributed by atoms with Crippen LogP contribution in [0.1, 0.15) is 68.4 Å². The number of carbonyl (C=O) groups is 1. The molecule has 0 spiro atoms. The minimum Gasteiger partial charge on any atom is -0.393 e. The van der Waals surface area contributed by atoms with Gasteiger partial charge >= 0.3 is 0 Å². The summed E-state index contributed by atoms with van der Waals surface area (Å²) in [6, 6.07) is 2.12. The third kappa shape index (κ3) is 1.70. The Balaban J connectivity index is 1.54. The zero-order valence-corrected chi connectivity index (χ0v) is 14.8. The summed E-state index contributed by atoms with van der Waals surface area (Å²) in [5.41, 5.74) is 2.36. The number of nitrogens with one attached hydrogen (secondary N) is 1. The largest absolute Gasteiger partial charge is 0.393 e. The number of ketones is 1. The van der Waals surface area contributed by atoms with Gasteiger partial charge in [0.25, 0.3) is 0 Å². The van der Waals surface area contributed by atoms with Crippen LogP contribution in [0.5, 0.6) is 0 Å². The molecule has 3 fully saturated rings. The lowest BCUT2D eigenvalue weighted by atomic mass is 9.45. The Morgan fingerprint density at radius 2 is 1.88 bits per heavy atom. The number of carbonyl (C=O) groups excluding carboxylic acids is 1. The highest BCUT2D eigenvalue weighted by Crippen LogP contribution is 2.65. The molecule has 1 aromatic rings. The van der Waals surface area contributed by atoms with Crippen molar-refractivity contribution in [1.82, 2.24) is 4.98 Å². The molecule has 5 rings (SSSR count). The number of hydrogen-bond donors (Lipinski definition) is 2. The zero-order valence-electron chi connectivity index (χ0n) is 14.8. The molecule has 7 atom stereocenters. The lowest BCUT2D eigenvalue weighted by Gasteiger charge is -2.59. The Hall–Kier alpha value is -1.09. The van der Waals surface area contributed by atoms with Crippen molar-refractivity contribution >= 4 is 5.78 Å². The molecular weight excluding hydrogens is 298 g/mol. The van der Waals surface area contributed by atoms with Crippen LogP contribution in [0.4, 0.5) is 0 Å². The molecule has 0 amide bonds. The Labute approximate surface area is 144 Å². The molecule has 4 aliphatic rings. The predicted octanol–water partition coefficient (Wildman–Crippen LogP) is 3.97. The SMILES string of the molecule is C[C@]12Cc3cc[nH]c3C(=O)[C@@H]1CC[C@@H]1[C@@H]2CC[C@]2(C)[C@@H](O)CC[C@@H]12. The number of rotatable bonds is 0. The summed E-state index contributed by atoms with van der Waals surface area (Å²) in [7, 11) is 0. The van der Waals surface area contributed by atoms with Gasteiger partial charge in [0.1, 0.15) is 0 Å². The number of Topliss-reactive ketones (excluding diaryl/α,β-unsaturated/α-hetero) is 1. The standard InChI is InChI=1S/C21H29NO2/c1-20-9-7-15-13(14(20)5-6-17(20)23)3-4-16-19(24)18-12(8-10-22-18)11-21(15,16)2/h8,10,13-17,22-23H,3-7,9,11H2,1-2H3/t13-,14-,15-,16-,17-,20-,21+/m0/s1. The molecule has 4 aliphatic carbocycles. The van der Waals surface area contributed by atoms with Gasteiger partial charge in [0, 0.05) is 12.1 Å². The van der Waals surface area contributed by atoms with E-state index in [1.807, 2.05) is 6.20 Å². The van der Waals surface area contributed by atoms with Crippen LogP contribution in [0.25, 0.3) is 0 Å². The average Bonchev–Trinajstić information content (AvgIpc) is 3.12. The molecule has 3 heteroatoms. The summed E-state index contributed by atoms with van der Waals surface area (Å²) in [4.78, 5) is 16.3. The Morgan fingerprint density at radius 3 is 2.71 bits per heavy atom. The van der Waals surface area contributed by atoms with E-state index in [2.05, 4.69) is 24.9 Å². The molecule has 0 bridgehead atoms. The van der Waals surface area contributed by atoms with Gasteiger partial charge in [-0.2, -0.15) is 0 Å². The quantitative estimate of drug-likeness (QED) is 0.757. The molecule has 0 aromatic carbocycles. The van der Waals surface area contributed by atoms with Crippen molar-refractivity contribution in [2.24, 2.45) is 34.5 Å². The molecule has 1 aromatic heterocycles. The van der Waals surface area contributed by atoms with E-state index in [0.29, 0.717) is 23.5 Å². The first-order chi connectivity index (χ1) is 11.4. The highest BCUT2D eigenvalue weighted by Gasteiger charge is 2.61. The highest BCUT2D eigenvalue weighted by molar-refractivity contribution is 5.99. The maximum atomic E-state index is 13.1. The van der Waals surface area contributed by atoms with Crippen LogP contribution in [0.3, 0.4) is 0 Å². The van der Waals surface area contributed by atoms with Gasteiger partial charge in [-0.3, -0.25) is 4.79 Å². The number of aromatic nitrogens is 1. The van der Waals surface area contributed by atoms with E-state index >= 15 is 0 Å². The molecule has 3 saturated carbocycles. The van der Waals surface area contributed by atoms with Gasteiger partial charge < -0.3 is 10.1 Å².